The van der Waals surface area contributed by atoms with E-state index in [1.807, 2.05) is 24.3 Å². The number of rotatable bonds is 6. The Morgan fingerprint density at radius 1 is 1.39 bits per heavy atom. The molecule has 3 nitrogen and oxygen atoms in total. The maximum atomic E-state index is 10.0. The topological polar surface area (TPSA) is 32.7 Å². The van der Waals surface area contributed by atoms with Crippen LogP contribution in [-0.4, -0.2) is 41.8 Å². The smallest absolute Gasteiger partial charge is 0.137 e. The fraction of sp³-hybridized carbons (Fsp3) is 0.571. The summed E-state index contributed by atoms with van der Waals surface area (Å²) >= 11 is 6.00. The summed E-state index contributed by atoms with van der Waals surface area (Å²) in [5.41, 5.74) is -0.459. The lowest BCUT2D eigenvalue weighted by Gasteiger charge is -2.46. The lowest BCUT2D eigenvalue weighted by atomic mass is 9.89. The highest BCUT2D eigenvalue weighted by Gasteiger charge is 2.39. The van der Waals surface area contributed by atoms with Crippen LogP contribution >= 0.6 is 11.6 Å². The Balaban J connectivity index is 1.68. The number of hydrogen-bond acceptors (Lipinski definition) is 3. The molecule has 0 atom stereocenters. The van der Waals surface area contributed by atoms with Crippen molar-refractivity contribution in [2.45, 2.75) is 25.4 Å². The molecule has 100 valence electrons. The molecular formula is C14H20ClNO2. The van der Waals surface area contributed by atoms with Gasteiger partial charge in [0, 0.05) is 19.6 Å². The van der Waals surface area contributed by atoms with Crippen molar-refractivity contribution in [1.82, 2.24) is 4.90 Å². The van der Waals surface area contributed by atoms with Gasteiger partial charge in [0.05, 0.1) is 10.6 Å². The van der Waals surface area contributed by atoms with E-state index in [-0.39, 0.29) is 0 Å². The van der Waals surface area contributed by atoms with Crippen LogP contribution in [0.3, 0.4) is 0 Å². The number of aliphatic hydroxyl groups is 1. The van der Waals surface area contributed by atoms with E-state index in [1.54, 1.807) is 0 Å². The molecular weight excluding hydrogens is 250 g/mol. The Bertz CT molecular complexity index is 391. The van der Waals surface area contributed by atoms with E-state index in [1.165, 1.54) is 0 Å². The van der Waals surface area contributed by atoms with Crippen LogP contribution in [-0.2, 0) is 0 Å². The van der Waals surface area contributed by atoms with Gasteiger partial charge in [-0.15, -0.1) is 0 Å². The second kappa shape index (κ2) is 5.91. The van der Waals surface area contributed by atoms with Crippen LogP contribution in [0.5, 0.6) is 5.75 Å². The summed E-state index contributed by atoms with van der Waals surface area (Å²) in [5, 5.41) is 10.7. The van der Waals surface area contributed by atoms with Gasteiger partial charge in [0.25, 0.3) is 0 Å². The van der Waals surface area contributed by atoms with Crippen molar-refractivity contribution in [3.05, 3.63) is 29.3 Å². The van der Waals surface area contributed by atoms with E-state index in [9.17, 15) is 5.11 Å². The van der Waals surface area contributed by atoms with Gasteiger partial charge in [-0.1, -0.05) is 37.1 Å². The molecule has 1 aliphatic rings. The fourth-order valence-corrected chi connectivity index (χ4v) is 2.60. The molecule has 0 amide bonds. The minimum Gasteiger partial charge on any atom is -0.491 e. The zero-order valence-corrected chi connectivity index (χ0v) is 11.5. The zero-order chi connectivity index (χ0) is 13.0. The van der Waals surface area contributed by atoms with E-state index in [4.69, 9.17) is 16.3 Å². The van der Waals surface area contributed by atoms with Crippen molar-refractivity contribution < 1.29 is 9.84 Å². The van der Waals surface area contributed by atoms with E-state index < -0.39 is 5.60 Å². The molecule has 0 spiro atoms. The molecule has 1 aromatic carbocycles. The summed E-state index contributed by atoms with van der Waals surface area (Å²) < 4.78 is 5.62. The fourth-order valence-electron chi connectivity index (χ4n) is 2.41. The molecule has 0 unspecified atom stereocenters. The molecule has 4 heteroatoms. The van der Waals surface area contributed by atoms with Crippen LogP contribution < -0.4 is 4.74 Å². The minimum absolute atomic E-state index is 0.459. The highest BCUT2D eigenvalue weighted by Crippen LogP contribution is 2.26. The SMILES string of the molecule is CCCC1(O)CN(CCOc2ccccc2Cl)C1. The van der Waals surface area contributed by atoms with Crippen LogP contribution in [0.4, 0.5) is 0 Å². The number of nitrogens with zero attached hydrogens (tertiary/aromatic N) is 1. The van der Waals surface area contributed by atoms with Gasteiger partial charge in [0.2, 0.25) is 0 Å². The van der Waals surface area contributed by atoms with Crippen molar-refractivity contribution in [3.8, 4) is 5.75 Å². The van der Waals surface area contributed by atoms with Crippen LogP contribution in [0, 0.1) is 0 Å². The number of β-amino-alcohol motifs (C(OH)–C–C–N with tert-alkyl or cyclic N) is 1. The van der Waals surface area contributed by atoms with Crippen LogP contribution in [0.2, 0.25) is 5.02 Å². The van der Waals surface area contributed by atoms with Crippen molar-refractivity contribution in [3.63, 3.8) is 0 Å². The molecule has 0 saturated carbocycles. The Labute approximate surface area is 113 Å². The highest BCUT2D eigenvalue weighted by molar-refractivity contribution is 6.32. The first-order valence-electron chi connectivity index (χ1n) is 6.45. The molecule has 0 bridgehead atoms. The zero-order valence-electron chi connectivity index (χ0n) is 10.7. The third-order valence-corrected chi connectivity index (χ3v) is 3.57. The Morgan fingerprint density at radius 3 is 2.78 bits per heavy atom. The van der Waals surface area contributed by atoms with Crippen molar-refractivity contribution in [2.24, 2.45) is 0 Å². The molecule has 1 heterocycles. The number of halogens is 1. The summed E-state index contributed by atoms with van der Waals surface area (Å²) in [6.45, 7) is 5.05. The molecule has 0 radical (unpaired) electrons. The Kier molecular flexibility index (Phi) is 4.49. The molecule has 2 rings (SSSR count). The number of likely N-dealkylation sites (tertiary alicyclic amines) is 1. The Morgan fingerprint density at radius 2 is 2.11 bits per heavy atom. The first-order valence-corrected chi connectivity index (χ1v) is 6.83. The van der Waals surface area contributed by atoms with E-state index >= 15 is 0 Å². The van der Waals surface area contributed by atoms with Gasteiger partial charge < -0.3 is 9.84 Å². The average Bonchev–Trinajstić information content (AvgIpc) is 2.30. The lowest BCUT2D eigenvalue weighted by Crippen LogP contribution is -2.62. The molecule has 1 N–H and O–H groups in total. The molecule has 18 heavy (non-hydrogen) atoms. The van der Waals surface area contributed by atoms with Gasteiger partial charge in [-0.25, -0.2) is 0 Å². The summed E-state index contributed by atoms with van der Waals surface area (Å²) in [6, 6.07) is 7.48. The first-order chi connectivity index (χ1) is 8.63. The minimum atomic E-state index is -0.459. The highest BCUT2D eigenvalue weighted by atomic mass is 35.5. The van der Waals surface area contributed by atoms with Gasteiger partial charge in [-0.3, -0.25) is 4.90 Å². The van der Waals surface area contributed by atoms with Crippen molar-refractivity contribution in [2.75, 3.05) is 26.2 Å². The monoisotopic (exact) mass is 269 g/mol. The lowest BCUT2D eigenvalue weighted by molar-refractivity contribution is -0.105. The molecule has 1 aliphatic heterocycles. The van der Waals surface area contributed by atoms with Crippen molar-refractivity contribution in [1.29, 1.82) is 0 Å². The normalized spacial score (nSPS) is 18.4. The largest absolute Gasteiger partial charge is 0.491 e. The van der Waals surface area contributed by atoms with Gasteiger partial charge >= 0.3 is 0 Å². The van der Waals surface area contributed by atoms with Crippen LogP contribution in [0.25, 0.3) is 0 Å². The Hall–Kier alpha value is -0.770. The van der Waals surface area contributed by atoms with Gasteiger partial charge in [0.15, 0.2) is 0 Å². The van der Waals surface area contributed by atoms with Crippen LogP contribution in [0.15, 0.2) is 24.3 Å². The molecule has 0 aromatic heterocycles. The van der Waals surface area contributed by atoms with E-state index in [0.717, 1.165) is 38.2 Å². The van der Waals surface area contributed by atoms with E-state index in [2.05, 4.69) is 11.8 Å². The predicted molar refractivity (Wildman–Crippen MR) is 73.2 cm³/mol. The molecule has 1 aromatic rings. The number of hydrogen-bond donors (Lipinski definition) is 1. The summed E-state index contributed by atoms with van der Waals surface area (Å²) in [4.78, 5) is 2.20. The van der Waals surface area contributed by atoms with Crippen molar-refractivity contribution >= 4 is 11.6 Å². The number of para-hydroxylation sites is 1. The molecule has 0 aliphatic carbocycles. The van der Waals surface area contributed by atoms with Gasteiger partial charge in [-0.05, 0) is 18.6 Å². The number of ether oxygens (including phenoxy) is 1. The second-order valence-corrected chi connectivity index (χ2v) is 5.37. The maximum Gasteiger partial charge on any atom is 0.137 e. The average molecular weight is 270 g/mol. The van der Waals surface area contributed by atoms with E-state index in [0.29, 0.717) is 11.6 Å². The number of benzene rings is 1. The van der Waals surface area contributed by atoms with Gasteiger partial charge in [0.1, 0.15) is 12.4 Å². The predicted octanol–water partition coefficient (Wildman–Crippen LogP) is 2.57. The maximum absolute atomic E-state index is 10.0. The van der Waals surface area contributed by atoms with Crippen LogP contribution in [0.1, 0.15) is 19.8 Å². The van der Waals surface area contributed by atoms with Gasteiger partial charge in [-0.2, -0.15) is 0 Å². The summed E-state index contributed by atoms with van der Waals surface area (Å²) in [6.07, 6.45) is 1.91. The third kappa shape index (κ3) is 3.37. The summed E-state index contributed by atoms with van der Waals surface area (Å²) in [5.74, 6) is 0.725. The molecule has 1 fully saturated rings. The second-order valence-electron chi connectivity index (χ2n) is 4.96. The first kappa shape index (κ1) is 13.7. The quantitative estimate of drug-likeness (QED) is 0.862. The third-order valence-electron chi connectivity index (χ3n) is 3.25. The molecule has 1 saturated heterocycles. The summed E-state index contributed by atoms with van der Waals surface area (Å²) in [7, 11) is 0. The standard InChI is InChI=1S/C14H20ClNO2/c1-2-7-14(17)10-16(11-14)8-9-18-13-6-4-3-5-12(13)15/h3-6,17H,2,7-11H2,1H3.